The van der Waals surface area contributed by atoms with Crippen molar-refractivity contribution in [1.29, 1.82) is 0 Å². The van der Waals surface area contributed by atoms with Gasteiger partial charge in [0.15, 0.2) is 0 Å². The molecule has 0 saturated carbocycles. The molecule has 1 fully saturated rings. The molecule has 26 heavy (non-hydrogen) atoms. The van der Waals surface area contributed by atoms with E-state index in [4.69, 9.17) is 0 Å². The SMILES string of the molecule is Cc1ccccc1CN1CCC(C(=O)N[C@H](C)c2ccc(F)cc2)CC1. The summed E-state index contributed by atoms with van der Waals surface area (Å²) in [6.45, 7) is 6.92. The number of benzene rings is 2. The Morgan fingerprint density at radius 3 is 2.46 bits per heavy atom. The first-order chi connectivity index (χ1) is 12.5. The number of carbonyl (C=O) groups excluding carboxylic acids is 1. The monoisotopic (exact) mass is 354 g/mol. The molecule has 1 atom stereocenters. The maximum atomic E-state index is 13.0. The highest BCUT2D eigenvalue weighted by Crippen LogP contribution is 2.22. The second kappa shape index (κ2) is 8.45. The lowest BCUT2D eigenvalue weighted by atomic mass is 9.94. The minimum atomic E-state index is -0.256. The largest absolute Gasteiger partial charge is 0.349 e. The minimum Gasteiger partial charge on any atom is -0.349 e. The van der Waals surface area contributed by atoms with Crippen LogP contribution in [0.15, 0.2) is 48.5 Å². The van der Waals surface area contributed by atoms with Crippen molar-refractivity contribution in [2.24, 2.45) is 5.92 Å². The summed E-state index contributed by atoms with van der Waals surface area (Å²) < 4.78 is 13.0. The Balaban J connectivity index is 1.49. The highest BCUT2D eigenvalue weighted by molar-refractivity contribution is 5.79. The molecule has 0 bridgehead atoms. The van der Waals surface area contributed by atoms with Crippen LogP contribution in [0.1, 0.15) is 42.5 Å². The average Bonchev–Trinajstić information content (AvgIpc) is 2.64. The van der Waals surface area contributed by atoms with Crippen LogP contribution in [0.3, 0.4) is 0 Å². The summed E-state index contributed by atoms with van der Waals surface area (Å²) in [6, 6.07) is 14.7. The van der Waals surface area contributed by atoms with E-state index in [1.54, 1.807) is 12.1 Å². The fourth-order valence-corrected chi connectivity index (χ4v) is 3.55. The molecule has 0 spiro atoms. The van der Waals surface area contributed by atoms with Gasteiger partial charge in [-0.05, 0) is 68.6 Å². The first-order valence-corrected chi connectivity index (χ1v) is 9.35. The lowest BCUT2D eigenvalue weighted by Crippen LogP contribution is -2.41. The Hall–Kier alpha value is -2.20. The number of likely N-dealkylation sites (tertiary alicyclic amines) is 1. The Bertz CT molecular complexity index is 736. The Morgan fingerprint density at radius 2 is 1.81 bits per heavy atom. The van der Waals surface area contributed by atoms with E-state index in [1.807, 2.05) is 6.92 Å². The van der Waals surface area contributed by atoms with Crippen LogP contribution in [0.5, 0.6) is 0 Å². The number of carbonyl (C=O) groups is 1. The third kappa shape index (κ3) is 4.70. The number of aryl methyl sites for hydroxylation is 1. The second-order valence-corrected chi connectivity index (χ2v) is 7.26. The third-order valence-corrected chi connectivity index (χ3v) is 5.34. The molecule has 1 heterocycles. The van der Waals surface area contributed by atoms with Crippen LogP contribution in [-0.4, -0.2) is 23.9 Å². The Labute approximate surface area is 155 Å². The summed E-state index contributed by atoms with van der Waals surface area (Å²) in [5.74, 6) is -0.0864. The highest BCUT2D eigenvalue weighted by Gasteiger charge is 2.26. The first-order valence-electron chi connectivity index (χ1n) is 9.35. The number of piperidine rings is 1. The quantitative estimate of drug-likeness (QED) is 0.872. The molecule has 1 aliphatic heterocycles. The molecule has 0 aliphatic carbocycles. The van der Waals surface area contributed by atoms with E-state index >= 15 is 0 Å². The highest BCUT2D eigenvalue weighted by atomic mass is 19.1. The van der Waals surface area contributed by atoms with Crippen molar-refractivity contribution in [2.45, 2.75) is 39.3 Å². The summed E-state index contributed by atoms with van der Waals surface area (Å²) >= 11 is 0. The molecule has 1 N–H and O–H groups in total. The summed E-state index contributed by atoms with van der Waals surface area (Å²) in [4.78, 5) is 15.0. The Morgan fingerprint density at radius 1 is 1.15 bits per heavy atom. The number of halogens is 1. The zero-order valence-corrected chi connectivity index (χ0v) is 15.5. The summed E-state index contributed by atoms with van der Waals surface area (Å²) in [5.41, 5.74) is 3.61. The van der Waals surface area contributed by atoms with Gasteiger partial charge < -0.3 is 5.32 Å². The van der Waals surface area contributed by atoms with Gasteiger partial charge >= 0.3 is 0 Å². The third-order valence-electron chi connectivity index (χ3n) is 5.34. The van der Waals surface area contributed by atoms with Crippen molar-refractivity contribution in [3.8, 4) is 0 Å². The van der Waals surface area contributed by atoms with Gasteiger partial charge in [0, 0.05) is 12.5 Å². The van der Waals surface area contributed by atoms with Crippen LogP contribution in [0.2, 0.25) is 0 Å². The normalized spacial score (nSPS) is 17.0. The molecule has 1 amide bonds. The van der Waals surface area contributed by atoms with E-state index < -0.39 is 0 Å². The molecule has 2 aromatic rings. The summed E-state index contributed by atoms with van der Waals surface area (Å²) in [7, 11) is 0. The van der Waals surface area contributed by atoms with Crippen molar-refractivity contribution in [3.63, 3.8) is 0 Å². The number of rotatable bonds is 5. The van der Waals surface area contributed by atoms with Crippen LogP contribution in [0.4, 0.5) is 4.39 Å². The van der Waals surface area contributed by atoms with Crippen LogP contribution >= 0.6 is 0 Å². The molecule has 138 valence electrons. The standard InChI is InChI=1S/C22H27FN2O/c1-16-5-3-4-6-20(16)15-25-13-11-19(12-14-25)22(26)24-17(2)18-7-9-21(23)10-8-18/h3-10,17,19H,11-15H2,1-2H3,(H,24,26)/t17-/m1/s1. The molecular formula is C22H27FN2O. The smallest absolute Gasteiger partial charge is 0.223 e. The fraction of sp³-hybridized carbons (Fsp3) is 0.409. The second-order valence-electron chi connectivity index (χ2n) is 7.26. The van der Waals surface area contributed by atoms with Crippen molar-refractivity contribution < 1.29 is 9.18 Å². The molecule has 1 aliphatic rings. The zero-order valence-electron chi connectivity index (χ0n) is 15.5. The topological polar surface area (TPSA) is 32.3 Å². The fourth-order valence-electron chi connectivity index (χ4n) is 3.55. The first kappa shape index (κ1) is 18.6. The molecule has 0 aromatic heterocycles. The predicted octanol–water partition coefficient (Wildman–Crippen LogP) is 4.22. The molecule has 4 heteroatoms. The van der Waals surface area contributed by atoms with Gasteiger partial charge in [-0.25, -0.2) is 4.39 Å². The van der Waals surface area contributed by atoms with E-state index in [0.29, 0.717) is 0 Å². The predicted molar refractivity (Wildman–Crippen MR) is 102 cm³/mol. The van der Waals surface area contributed by atoms with E-state index in [2.05, 4.69) is 41.4 Å². The van der Waals surface area contributed by atoms with Gasteiger partial charge in [-0.15, -0.1) is 0 Å². The van der Waals surface area contributed by atoms with Crippen LogP contribution in [0.25, 0.3) is 0 Å². The van der Waals surface area contributed by atoms with Crippen molar-refractivity contribution in [3.05, 3.63) is 71.0 Å². The van der Waals surface area contributed by atoms with E-state index in [0.717, 1.165) is 38.0 Å². The lowest BCUT2D eigenvalue weighted by molar-refractivity contribution is -0.127. The molecule has 2 aromatic carbocycles. The average molecular weight is 354 g/mol. The molecule has 3 nitrogen and oxygen atoms in total. The lowest BCUT2D eigenvalue weighted by Gasteiger charge is -2.32. The number of hydrogen-bond donors (Lipinski definition) is 1. The van der Waals surface area contributed by atoms with Gasteiger partial charge in [0.2, 0.25) is 5.91 Å². The van der Waals surface area contributed by atoms with Crippen molar-refractivity contribution in [2.75, 3.05) is 13.1 Å². The van der Waals surface area contributed by atoms with Crippen LogP contribution in [0, 0.1) is 18.7 Å². The van der Waals surface area contributed by atoms with Gasteiger partial charge in [0.25, 0.3) is 0 Å². The Kier molecular flexibility index (Phi) is 6.04. The molecule has 0 unspecified atom stereocenters. The molecule has 1 saturated heterocycles. The zero-order chi connectivity index (χ0) is 18.5. The number of hydrogen-bond acceptors (Lipinski definition) is 2. The number of nitrogens with zero attached hydrogens (tertiary/aromatic N) is 1. The minimum absolute atomic E-state index is 0.0611. The van der Waals surface area contributed by atoms with Gasteiger partial charge in [-0.1, -0.05) is 36.4 Å². The molecule has 3 rings (SSSR count). The molecule has 0 radical (unpaired) electrons. The van der Waals surface area contributed by atoms with Crippen molar-refractivity contribution in [1.82, 2.24) is 10.2 Å². The van der Waals surface area contributed by atoms with Crippen molar-refractivity contribution >= 4 is 5.91 Å². The van der Waals surface area contributed by atoms with E-state index in [1.165, 1.54) is 23.3 Å². The number of nitrogens with one attached hydrogen (secondary N) is 1. The van der Waals surface area contributed by atoms with Gasteiger partial charge in [-0.2, -0.15) is 0 Å². The summed E-state index contributed by atoms with van der Waals surface area (Å²) in [6.07, 6.45) is 1.77. The van der Waals surface area contributed by atoms with E-state index in [9.17, 15) is 9.18 Å². The van der Waals surface area contributed by atoms with E-state index in [-0.39, 0.29) is 23.7 Å². The van der Waals surface area contributed by atoms with Crippen LogP contribution in [-0.2, 0) is 11.3 Å². The summed E-state index contributed by atoms with van der Waals surface area (Å²) in [5, 5.41) is 3.08. The number of amides is 1. The van der Waals surface area contributed by atoms with Gasteiger partial charge in [-0.3, -0.25) is 9.69 Å². The van der Waals surface area contributed by atoms with Crippen LogP contribution < -0.4 is 5.32 Å². The maximum absolute atomic E-state index is 13.0. The maximum Gasteiger partial charge on any atom is 0.223 e. The molecular weight excluding hydrogens is 327 g/mol. The van der Waals surface area contributed by atoms with Gasteiger partial charge in [0.1, 0.15) is 5.82 Å². The van der Waals surface area contributed by atoms with Gasteiger partial charge in [0.05, 0.1) is 6.04 Å².